The molecule has 0 saturated heterocycles. The summed E-state index contributed by atoms with van der Waals surface area (Å²) in [5, 5.41) is 1.82. The molecule has 0 atom stereocenters. The van der Waals surface area contributed by atoms with Crippen LogP contribution in [0.25, 0.3) is 0 Å². The molecule has 1 aromatic carbocycles. The van der Waals surface area contributed by atoms with E-state index >= 15 is 0 Å². The second-order valence-corrected chi connectivity index (χ2v) is 8.87. The van der Waals surface area contributed by atoms with Gasteiger partial charge in [0, 0.05) is 22.2 Å². The molecule has 0 aliphatic heterocycles. The Bertz CT molecular complexity index is 720. The zero-order chi connectivity index (χ0) is 14.8. The van der Waals surface area contributed by atoms with E-state index < -0.39 is 10.0 Å². The second-order valence-electron chi connectivity index (χ2n) is 4.05. The molecule has 0 amide bonds. The Kier molecular flexibility index (Phi) is 4.82. The molecule has 0 bridgehead atoms. The van der Waals surface area contributed by atoms with Crippen molar-refractivity contribution in [3.63, 3.8) is 0 Å². The Morgan fingerprint density at radius 2 is 1.90 bits per heavy atom. The summed E-state index contributed by atoms with van der Waals surface area (Å²) in [6.45, 7) is 1.57. The lowest BCUT2D eigenvalue weighted by Gasteiger charge is -2.06. The van der Waals surface area contributed by atoms with Crippen LogP contribution < -0.4 is 4.72 Å². The summed E-state index contributed by atoms with van der Waals surface area (Å²) in [5.74, 6) is -0.0461. The largest absolute Gasteiger partial charge is 0.289 e. The maximum atomic E-state index is 12.2. The van der Waals surface area contributed by atoms with Crippen molar-refractivity contribution >= 4 is 55.4 Å². The lowest BCUT2D eigenvalue weighted by Crippen LogP contribution is -2.14. The van der Waals surface area contributed by atoms with Crippen molar-refractivity contribution < 1.29 is 13.2 Å². The Hall–Kier alpha value is -0.930. The van der Waals surface area contributed by atoms with E-state index in [-0.39, 0.29) is 11.5 Å². The first kappa shape index (κ1) is 15.5. The predicted molar refractivity (Wildman–Crippen MR) is 90.0 cm³/mol. The third kappa shape index (κ3) is 3.80. The molecule has 2 aromatic rings. The molecular formula is C13H12INO3S2. The van der Waals surface area contributed by atoms with E-state index in [2.05, 4.69) is 27.3 Å². The Labute approximate surface area is 135 Å². The van der Waals surface area contributed by atoms with E-state index in [1.54, 1.807) is 31.2 Å². The Balaban J connectivity index is 2.18. The number of thiophene rings is 1. The van der Waals surface area contributed by atoms with Gasteiger partial charge in [0.05, 0.1) is 8.64 Å². The molecule has 0 aliphatic carbocycles. The van der Waals surface area contributed by atoms with Crippen molar-refractivity contribution in [3.8, 4) is 0 Å². The normalized spacial score (nSPS) is 11.3. The van der Waals surface area contributed by atoms with Crippen molar-refractivity contribution in [2.75, 3.05) is 10.5 Å². The van der Waals surface area contributed by atoms with Gasteiger partial charge in [-0.25, -0.2) is 8.42 Å². The van der Waals surface area contributed by atoms with Gasteiger partial charge in [0.15, 0.2) is 5.78 Å². The zero-order valence-electron chi connectivity index (χ0n) is 10.6. The van der Waals surface area contributed by atoms with E-state index in [0.29, 0.717) is 16.8 Å². The van der Waals surface area contributed by atoms with E-state index in [0.717, 1.165) is 2.88 Å². The highest BCUT2D eigenvalue weighted by Crippen LogP contribution is 2.20. The number of nitrogens with one attached hydrogen (secondary N) is 1. The van der Waals surface area contributed by atoms with Crippen molar-refractivity contribution in [2.24, 2.45) is 0 Å². The van der Waals surface area contributed by atoms with Crippen LogP contribution in [0.4, 0.5) is 5.69 Å². The first-order valence-electron chi connectivity index (χ1n) is 5.80. The first-order chi connectivity index (χ1) is 9.41. The number of hydrogen-bond acceptors (Lipinski definition) is 4. The number of benzene rings is 1. The highest BCUT2D eigenvalue weighted by atomic mass is 127. The van der Waals surface area contributed by atoms with Gasteiger partial charge in [-0.05, 0) is 59.8 Å². The number of carbonyl (C=O) groups is 1. The monoisotopic (exact) mass is 421 g/mol. The average molecular weight is 421 g/mol. The Morgan fingerprint density at radius 3 is 2.40 bits per heavy atom. The summed E-state index contributed by atoms with van der Waals surface area (Å²) < 4.78 is 26.4. The van der Waals surface area contributed by atoms with Crippen LogP contribution in [0.2, 0.25) is 0 Å². The quantitative estimate of drug-likeness (QED) is 0.595. The molecule has 0 aliphatic rings. The minimum Gasteiger partial charge on any atom is -0.289 e. The number of hydrogen-bond donors (Lipinski definition) is 1. The van der Waals surface area contributed by atoms with E-state index in [1.165, 1.54) is 11.3 Å². The number of carbonyl (C=O) groups excluding carboxylic acids is 1. The Morgan fingerprint density at radius 1 is 1.25 bits per heavy atom. The van der Waals surface area contributed by atoms with Crippen LogP contribution >= 0.6 is 33.9 Å². The lowest BCUT2D eigenvalue weighted by atomic mass is 10.1. The molecule has 4 nitrogen and oxygen atoms in total. The van der Waals surface area contributed by atoms with Crippen molar-refractivity contribution in [2.45, 2.75) is 6.92 Å². The maximum Gasteiger partial charge on any atom is 0.232 e. The molecule has 106 valence electrons. The van der Waals surface area contributed by atoms with Gasteiger partial charge in [-0.1, -0.05) is 0 Å². The van der Waals surface area contributed by atoms with Gasteiger partial charge >= 0.3 is 0 Å². The minimum absolute atomic E-state index is 0.0149. The average Bonchev–Trinajstić information content (AvgIpc) is 2.85. The van der Waals surface area contributed by atoms with Gasteiger partial charge in [-0.15, -0.1) is 11.3 Å². The van der Waals surface area contributed by atoms with Gasteiger partial charge in [-0.2, -0.15) is 0 Å². The number of sulfonamides is 1. The van der Waals surface area contributed by atoms with Crippen LogP contribution in [0.1, 0.15) is 22.8 Å². The molecule has 20 heavy (non-hydrogen) atoms. The smallest absolute Gasteiger partial charge is 0.232 e. The van der Waals surface area contributed by atoms with Crippen LogP contribution in [0.5, 0.6) is 0 Å². The molecule has 1 aromatic heterocycles. The fourth-order valence-electron chi connectivity index (χ4n) is 1.54. The first-order valence-corrected chi connectivity index (χ1v) is 9.41. The van der Waals surface area contributed by atoms with E-state index in [4.69, 9.17) is 0 Å². The van der Waals surface area contributed by atoms with E-state index in [9.17, 15) is 13.2 Å². The number of halogens is 1. The van der Waals surface area contributed by atoms with Gasteiger partial charge in [0.25, 0.3) is 0 Å². The van der Waals surface area contributed by atoms with Gasteiger partial charge in [0.2, 0.25) is 10.0 Å². The maximum absolute atomic E-state index is 12.2. The van der Waals surface area contributed by atoms with Crippen LogP contribution in [-0.4, -0.2) is 20.0 Å². The molecular weight excluding hydrogens is 409 g/mol. The SMILES string of the molecule is CCS(=O)(=O)Nc1ccc(C(=O)c2csc(I)c2)cc1. The summed E-state index contributed by atoms with van der Waals surface area (Å²) in [5.41, 5.74) is 1.66. The molecule has 0 saturated carbocycles. The van der Waals surface area contributed by atoms with Crippen LogP contribution in [0, 0.1) is 2.88 Å². The van der Waals surface area contributed by atoms with Crippen molar-refractivity contribution in [3.05, 3.63) is 49.7 Å². The zero-order valence-corrected chi connectivity index (χ0v) is 14.4. The van der Waals surface area contributed by atoms with E-state index in [1.807, 2.05) is 11.4 Å². The highest BCUT2D eigenvalue weighted by Gasteiger charge is 2.12. The predicted octanol–water partition coefficient (Wildman–Crippen LogP) is 3.35. The number of ketones is 1. The fourth-order valence-corrected chi connectivity index (χ4v) is 3.50. The van der Waals surface area contributed by atoms with Crippen molar-refractivity contribution in [1.82, 2.24) is 0 Å². The molecule has 2 rings (SSSR count). The highest BCUT2D eigenvalue weighted by molar-refractivity contribution is 14.1. The third-order valence-electron chi connectivity index (χ3n) is 2.63. The summed E-state index contributed by atoms with van der Waals surface area (Å²) >= 11 is 3.68. The summed E-state index contributed by atoms with van der Waals surface area (Å²) in [4.78, 5) is 12.2. The summed E-state index contributed by atoms with van der Waals surface area (Å²) in [6.07, 6.45) is 0. The number of rotatable bonds is 5. The topological polar surface area (TPSA) is 63.2 Å². The molecule has 0 spiro atoms. The third-order valence-corrected chi connectivity index (χ3v) is 5.73. The van der Waals surface area contributed by atoms with Crippen LogP contribution in [0.15, 0.2) is 35.7 Å². The fraction of sp³-hybridized carbons (Fsp3) is 0.154. The van der Waals surface area contributed by atoms with Gasteiger partial charge in [0.1, 0.15) is 0 Å². The van der Waals surface area contributed by atoms with Crippen LogP contribution in [0.3, 0.4) is 0 Å². The van der Waals surface area contributed by atoms with Gasteiger partial charge < -0.3 is 0 Å². The molecule has 1 N–H and O–H groups in total. The van der Waals surface area contributed by atoms with Crippen molar-refractivity contribution in [1.29, 1.82) is 0 Å². The van der Waals surface area contributed by atoms with Gasteiger partial charge in [-0.3, -0.25) is 9.52 Å². The van der Waals surface area contributed by atoms with Crippen LogP contribution in [-0.2, 0) is 10.0 Å². The second kappa shape index (κ2) is 6.23. The minimum atomic E-state index is -3.29. The standard InChI is InChI=1S/C13H12INO3S2/c1-2-20(17,18)15-11-5-3-9(4-6-11)13(16)10-7-12(14)19-8-10/h3-8,15H,2H2,1H3. The molecule has 0 radical (unpaired) electrons. The lowest BCUT2D eigenvalue weighted by molar-refractivity contribution is 0.103. The molecule has 0 unspecified atom stereocenters. The molecule has 1 heterocycles. The number of anilines is 1. The molecule has 0 fully saturated rings. The molecule has 7 heteroatoms. The summed E-state index contributed by atoms with van der Waals surface area (Å²) in [7, 11) is -3.29. The summed E-state index contributed by atoms with van der Waals surface area (Å²) in [6, 6.07) is 8.28.